The van der Waals surface area contributed by atoms with Crippen LogP contribution >= 0.6 is 11.3 Å². The fraction of sp³-hybridized carbons (Fsp3) is 0.500. The average Bonchev–Trinajstić information content (AvgIpc) is 3.85. The van der Waals surface area contributed by atoms with Crippen LogP contribution in [0.5, 0.6) is 5.75 Å². The third-order valence-corrected chi connectivity index (χ3v) is 10.2. The normalized spacial score (nSPS) is 17.2. The van der Waals surface area contributed by atoms with Crippen LogP contribution in [0.3, 0.4) is 0 Å². The van der Waals surface area contributed by atoms with Crippen LogP contribution in [0.15, 0.2) is 48.0 Å². The van der Waals surface area contributed by atoms with Crippen LogP contribution < -0.4 is 15.4 Å². The Balaban J connectivity index is 1.16. The minimum Gasteiger partial charge on any atom is -0.491 e. The predicted octanol–water partition coefficient (Wildman–Crippen LogP) is 3.07. The maximum atomic E-state index is 14.1. The van der Waals surface area contributed by atoms with E-state index in [0.717, 1.165) is 21.7 Å². The number of thiazole rings is 1. The number of carbonyl (C=O) groups is 4. The van der Waals surface area contributed by atoms with Crippen LogP contribution in [-0.4, -0.2) is 126 Å². The third-order valence-electron chi connectivity index (χ3n) is 9.21. The first-order valence-corrected chi connectivity index (χ1v) is 18.9. The molecule has 1 unspecified atom stereocenters. The number of aliphatic hydroxyl groups is 1. The van der Waals surface area contributed by atoms with E-state index < -0.39 is 30.2 Å². The molecule has 2 aliphatic rings. The van der Waals surface area contributed by atoms with Crippen molar-refractivity contribution < 1.29 is 48.3 Å². The van der Waals surface area contributed by atoms with Gasteiger partial charge in [0, 0.05) is 43.7 Å². The topological polar surface area (TPSA) is 189 Å². The second-order valence-corrected chi connectivity index (χ2v) is 14.3. The molecule has 0 bridgehead atoms. The van der Waals surface area contributed by atoms with E-state index >= 15 is 0 Å². The van der Waals surface area contributed by atoms with Crippen LogP contribution in [0.4, 0.5) is 4.79 Å². The number of carboxylic acid groups (broad SMARTS) is 1. The molecule has 1 fully saturated rings. The Morgan fingerprint density at radius 3 is 2.35 bits per heavy atom. The Morgan fingerprint density at radius 1 is 0.981 bits per heavy atom. The number of carbonyl (C=O) groups excluding carboxylic acids is 3. The van der Waals surface area contributed by atoms with Gasteiger partial charge in [0.1, 0.15) is 24.4 Å². The summed E-state index contributed by atoms with van der Waals surface area (Å²) in [7, 11) is 0. The number of hydrogen-bond acceptors (Lipinski definition) is 11. The highest BCUT2D eigenvalue weighted by molar-refractivity contribution is 7.13. The van der Waals surface area contributed by atoms with Crippen LogP contribution in [0.2, 0.25) is 0 Å². The Morgan fingerprint density at radius 2 is 1.69 bits per heavy atom. The second kappa shape index (κ2) is 19.6. The van der Waals surface area contributed by atoms with Gasteiger partial charge in [0.15, 0.2) is 0 Å². The van der Waals surface area contributed by atoms with E-state index in [2.05, 4.69) is 15.6 Å². The van der Waals surface area contributed by atoms with E-state index in [0.29, 0.717) is 49.8 Å². The first kappa shape index (κ1) is 40.6. The minimum atomic E-state index is -1.09. The van der Waals surface area contributed by atoms with Crippen LogP contribution in [0.1, 0.15) is 47.4 Å². The van der Waals surface area contributed by atoms with E-state index in [4.69, 9.17) is 24.1 Å². The van der Waals surface area contributed by atoms with Crippen LogP contribution in [0.25, 0.3) is 10.4 Å². The summed E-state index contributed by atoms with van der Waals surface area (Å²) in [5, 5.41) is 24.4. The highest BCUT2D eigenvalue weighted by Crippen LogP contribution is 2.33. The van der Waals surface area contributed by atoms with Crippen molar-refractivity contribution in [2.45, 2.75) is 58.5 Å². The molecule has 1 saturated heterocycles. The van der Waals surface area contributed by atoms with Gasteiger partial charge in [-0.2, -0.15) is 0 Å². The Hall–Kier alpha value is -4.61. The van der Waals surface area contributed by atoms with Crippen molar-refractivity contribution in [1.82, 2.24) is 25.4 Å². The number of aromatic nitrogens is 1. The Bertz CT molecular complexity index is 1750. The zero-order valence-electron chi connectivity index (χ0n) is 30.8. The number of amides is 4. The molecule has 4 amide bonds. The van der Waals surface area contributed by atoms with Crippen molar-refractivity contribution >= 4 is 35.2 Å². The molecule has 292 valence electrons. The molecular formula is C38H49N5O10S. The lowest BCUT2D eigenvalue weighted by molar-refractivity contribution is -0.143. The lowest BCUT2D eigenvalue weighted by Crippen LogP contribution is -2.55. The molecule has 54 heavy (non-hydrogen) atoms. The van der Waals surface area contributed by atoms with Gasteiger partial charge in [-0.15, -0.1) is 11.3 Å². The number of likely N-dealkylation sites (tertiary alicyclic amines) is 1. The monoisotopic (exact) mass is 767 g/mol. The zero-order valence-corrected chi connectivity index (χ0v) is 31.6. The van der Waals surface area contributed by atoms with Crippen LogP contribution in [0, 0.1) is 12.8 Å². The number of hydrogen-bond donors (Lipinski definition) is 4. The average molecular weight is 768 g/mol. The summed E-state index contributed by atoms with van der Waals surface area (Å²) in [5.74, 6) is -0.651. The van der Waals surface area contributed by atoms with E-state index in [9.17, 15) is 24.3 Å². The van der Waals surface area contributed by atoms with E-state index in [1.54, 1.807) is 22.5 Å². The molecule has 0 saturated carbocycles. The van der Waals surface area contributed by atoms with Crippen molar-refractivity contribution in [3.63, 3.8) is 0 Å². The lowest BCUT2D eigenvalue weighted by atomic mass is 10.0. The van der Waals surface area contributed by atoms with Crippen molar-refractivity contribution in [3.8, 4) is 16.2 Å². The number of aliphatic hydroxyl groups excluding tert-OH is 1. The summed E-state index contributed by atoms with van der Waals surface area (Å²) >= 11 is 1.52. The summed E-state index contributed by atoms with van der Waals surface area (Å²) < 4.78 is 22.6. The van der Waals surface area contributed by atoms with Crippen LogP contribution in [-0.2, 0) is 36.9 Å². The van der Waals surface area contributed by atoms with Gasteiger partial charge in [0.2, 0.25) is 11.8 Å². The highest BCUT2D eigenvalue weighted by atomic mass is 32.1. The molecule has 3 aromatic rings. The molecule has 4 N–H and O–H groups in total. The van der Waals surface area contributed by atoms with Gasteiger partial charge >= 0.3 is 6.09 Å². The van der Waals surface area contributed by atoms with Gasteiger partial charge in [-0.25, -0.2) is 9.78 Å². The standard InChI is InChI=1S/C38H49N5O10S/c1-24(2)33(43-21-28-6-4-5-7-30(28)36(43)46)37(47)42-22-29(44)19-31(42)35(45)40-20-27-9-8-26(34-25(3)41-23-54-34)18-32(27)53-17-16-52-15-14-51-13-12-50-11-10-39-38(48)49/h4-9,18,23-24,29,31,33,39,44H,10-17,19-22H2,1-3H3,(H,40,45)(H,48,49)/t29-,31+,33?/m1/s1. The van der Waals surface area contributed by atoms with Crippen molar-refractivity contribution in [2.75, 3.05) is 59.3 Å². The fourth-order valence-corrected chi connectivity index (χ4v) is 7.40. The molecule has 1 aromatic heterocycles. The minimum absolute atomic E-state index is 0.00247. The lowest BCUT2D eigenvalue weighted by Gasteiger charge is -2.35. The second-order valence-electron chi connectivity index (χ2n) is 13.4. The molecular weight excluding hydrogens is 719 g/mol. The van der Waals surface area contributed by atoms with Gasteiger partial charge in [-0.1, -0.05) is 44.2 Å². The molecule has 5 rings (SSSR count). The third kappa shape index (κ3) is 10.5. The number of aryl methyl sites for hydroxylation is 1. The molecule has 0 spiro atoms. The number of β-amino-alcohol motifs (C(OH)–C–C–N with tert-alkyl or cyclic N) is 1. The molecule has 15 nitrogen and oxygen atoms in total. The van der Waals surface area contributed by atoms with Gasteiger partial charge in [0.25, 0.3) is 5.91 Å². The fourth-order valence-electron chi connectivity index (χ4n) is 6.59. The van der Waals surface area contributed by atoms with Gasteiger partial charge in [-0.05, 0) is 36.1 Å². The predicted molar refractivity (Wildman–Crippen MR) is 199 cm³/mol. The number of nitrogens with zero attached hydrogens (tertiary/aromatic N) is 3. The van der Waals surface area contributed by atoms with E-state index in [1.807, 2.05) is 51.1 Å². The molecule has 16 heteroatoms. The number of ether oxygens (including phenoxy) is 4. The van der Waals surface area contributed by atoms with Crippen molar-refractivity contribution in [2.24, 2.45) is 5.92 Å². The van der Waals surface area contributed by atoms with Crippen molar-refractivity contribution in [3.05, 3.63) is 70.4 Å². The number of benzene rings is 2. The maximum absolute atomic E-state index is 14.1. The summed E-state index contributed by atoms with van der Waals surface area (Å²) in [6, 6.07) is 11.3. The highest BCUT2D eigenvalue weighted by Gasteiger charge is 2.45. The van der Waals surface area contributed by atoms with E-state index in [-0.39, 0.29) is 63.6 Å². The number of nitrogens with one attached hydrogen (secondary N) is 2. The van der Waals surface area contributed by atoms with Crippen molar-refractivity contribution in [1.29, 1.82) is 0 Å². The molecule has 3 atom stereocenters. The molecule has 2 aromatic carbocycles. The molecule has 2 aliphatic heterocycles. The first-order valence-electron chi connectivity index (χ1n) is 18.1. The smallest absolute Gasteiger partial charge is 0.404 e. The summed E-state index contributed by atoms with van der Waals surface area (Å²) in [5.41, 5.74) is 5.74. The first-order chi connectivity index (χ1) is 26.0. The quantitative estimate of drug-likeness (QED) is 0.124. The summed E-state index contributed by atoms with van der Waals surface area (Å²) in [6.07, 6.45) is -1.89. The van der Waals surface area contributed by atoms with Gasteiger partial charge in [0.05, 0.1) is 61.8 Å². The maximum Gasteiger partial charge on any atom is 0.404 e. The molecule has 0 aliphatic carbocycles. The summed E-state index contributed by atoms with van der Waals surface area (Å²) in [4.78, 5) is 60.0. The SMILES string of the molecule is Cc1ncsc1-c1ccc(CNC(=O)[C@@H]2C[C@@H](O)CN2C(=O)C(C(C)C)N2Cc3ccccc3C2=O)c(OCCOCCOCCOCCNC(=O)O)c1. The number of rotatable bonds is 20. The largest absolute Gasteiger partial charge is 0.491 e. The summed E-state index contributed by atoms with van der Waals surface area (Å²) in [6.45, 7) is 8.48. The molecule has 3 heterocycles. The molecule has 0 radical (unpaired) electrons. The zero-order chi connectivity index (χ0) is 38.6. The number of fused-ring (bicyclic) bond motifs is 1. The Labute approximate surface area is 318 Å². The Kier molecular flexibility index (Phi) is 14.8. The van der Waals surface area contributed by atoms with E-state index in [1.165, 1.54) is 16.2 Å². The van der Waals surface area contributed by atoms with Gasteiger partial charge in [-0.3, -0.25) is 14.4 Å². The van der Waals surface area contributed by atoms with Gasteiger partial charge < -0.3 is 49.6 Å².